The highest BCUT2D eigenvalue weighted by atomic mass is 15.0. The van der Waals surface area contributed by atoms with Gasteiger partial charge in [0.2, 0.25) is 0 Å². The van der Waals surface area contributed by atoms with Crippen molar-refractivity contribution < 1.29 is 0 Å². The lowest BCUT2D eigenvalue weighted by Crippen LogP contribution is -2.61. The summed E-state index contributed by atoms with van der Waals surface area (Å²) < 4.78 is 0. The number of nitrogens with one attached hydrogen (secondary N) is 1. The summed E-state index contributed by atoms with van der Waals surface area (Å²) in [5, 5.41) is 3.80. The van der Waals surface area contributed by atoms with Gasteiger partial charge >= 0.3 is 0 Å². The molecule has 0 unspecified atom stereocenters. The molecule has 0 amide bonds. The molecule has 1 saturated carbocycles. The summed E-state index contributed by atoms with van der Waals surface area (Å²) in [5.41, 5.74) is 0.534. The minimum Gasteiger partial charge on any atom is -0.308 e. The van der Waals surface area contributed by atoms with Gasteiger partial charge in [-0.25, -0.2) is 0 Å². The fourth-order valence-corrected chi connectivity index (χ4v) is 2.81. The molecule has 64 valence electrons. The molecule has 3 fully saturated rings. The zero-order valence-corrected chi connectivity index (χ0v) is 7.69. The Labute approximate surface area is 69.6 Å². The summed E-state index contributed by atoms with van der Waals surface area (Å²) >= 11 is 0. The minimum atomic E-state index is 0.534. The predicted octanol–water partition coefficient (Wildman–Crippen LogP) is 2.32. The summed E-state index contributed by atoms with van der Waals surface area (Å²) in [6.45, 7) is 4.64. The number of piperidine rings is 2. The smallest absolute Gasteiger partial charge is 0.0181 e. The van der Waals surface area contributed by atoms with E-state index in [2.05, 4.69) is 19.2 Å². The minimum absolute atomic E-state index is 0.534. The van der Waals surface area contributed by atoms with Crippen molar-refractivity contribution in [3.05, 3.63) is 0 Å². The fourth-order valence-electron chi connectivity index (χ4n) is 2.81. The molecule has 2 bridgehead atoms. The van der Waals surface area contributed by atoms with E-state index in [9.17, 15) is 0 Å². The Bertz CT molecular complexity index is 131. The Morgan fingerprint density at radius 1 is 1.27 bits per heavy atom. The zero-order chi connectivity index (χ0) is 7.90. The molecule has 1 nitrogen and oxygen atoms in total. The highest BCUT2D eigenvalue weighted by Gasteiger charge is 2.44. The second kappa shape index (κ2) is 2.48. The third-order valence-corrected chi connectivity index (χ3v) is 3.78. The Hall–Kier alpha value is -0.0400. The summed E-state index contributed by atoms with van der Waals surface area (Å²) in [6.07, 6.45) is 6.99. The van der Waals surface area contributed by atoms with Crippen molar-refractivity contribution in [3.8, 4) is 0 Å². The molecule has 1 N–H and O–H groups in total. The molecule has 2 aliphatic heterocycles. The predicted molar refractivity (Wildman–Crippen MR) is 47.6 cm³/mol. The maximum absolute atomic E-state index is 3.80. The van der Waals surface area contributed by atoms with Crippen LogP contribution >= 0.6 is 0 Å². The van der Waals surface area contributed by atoms with Crippen LogP contribution in [-0.4, -0.2) is 11.6 Å². The van der Waals surface area contributed by atoms with Gasteiger partial charge in [0, 0.05) is 11.6 Å². The van der Waals surface area contributed by atoms with Crippen LogP contribution in [0.15, 0.2) is 0 Å². The molecule has 1 heteroatoms. The van der Waals surface area contributed by atoms with Crippen LogP contribution in [0.25, 0.3) is 0 Å². The van der Waals surface area contributed by atoms with E-state index in [1.807, 2.05) is 0 Å². The zero-order valence-electron chi connectivity index (χ0n) is 7.69. The van der Waals surface area contributed by atoms with E-state index in [1.165, 1.54) is 32.1 Å². The van der Waals surface area contributed by atoms with Gasteiger partial charge in [0.25, 0.3) is 0 Å². The molecule has 1 aliphatic carbocycles. The monoisotopic (exact) mass is 153 g/mol. The van der Waals surface area contributed by atoms with Crippen LogP contribution in [-0.2, 0) is 0 Å². The molecule has 3 aliphatic rings. The molecule has 0 spiro atoms. The molecule has 2 saturated heterocycles. The van der Waals surface area contributed by atoms with Gasteiger partial charge < -0.3 is 5.32 Å². The first kappa shape index (κ1) is 7.60. The van der Waals surface area contributed by atoms with E-state index in [4.69, 9.17) is 0 Å². The van der Waals surface area contributed by atoms with Gasteiger partial charge in [-0.05, 0) is 38.0 Å². The van der Waals surface area contributed by atoms with Gasteiger partial charge in [0.05, 0.1) is 0 Å². The summed E-state index contributed by atoms with van der Waals surface area (Å²) in [7, 11) is 0. The molecular formula is C10H19N. The number of rotatable bonds is 2. The van der Waals surface area contributed by atoms with E-state index >= 15 is 0 Å². The van der Waals surface area contributed by atoms with Crippen LogP contribution < -0.4 is 5.32 Å². The molecule has 0 aromatic carbocycles. The van der Waals surface area contributed by atoms with Crippen LogP contribution in [0.5, 0.6) is 0 Å². The van der Waals surface area contributed by atoms with Gasteiger partial charge in [-0.15, -0.1) is 0 Å². The van der Waals surface area contributed by atoms with Crippen molar-refractivity contribution in [3.63, 3.8) is 0 Å². The Balaban J connectivity index is 2.03. The van der Waals surface area contributed by atoms with Gasteiger partial charge in [0.15, 0.2) is 0 Å². The maximum atomic E-state index is 3.80. The Morgan fingerprint density at radius 2 is 1.91 bits per heavy atom. The quantitative estimate of drug-likeness (QED) is 0.642. The third-order valence-electron chi connectivity index (χ3n) is 3.78. The third kappa shape index (κ3) is 1.10. The number of hydrogen-bond donors (Lipinski definition) is 1. The lowest BCUT2D eigenvalue weighted by Gasteiger charge is -2.53. The molecule has 11 heavy (non-hydrogen) atoms. The average Bonchev–Trinajstić information content (AvgIpc) is 2.03. The van der Waals surface area contributed by atoms with Gasteiger partial charge in [0.1, 0.15) is 0 Å². The van der Waals surface area contributed by atoms with Crippen LogP contribution in [0.1, 0.15) is 46.0 Å². The Kier molecular flexibility index (Phi) is 1.71. The SMILES string of the molecule is CCC1(CC)CC2CC(C2)N1. The lowest BCUT2D eigenvalue weighted by molar-refractivity contribution is 0.0488. The molecule has 0 aromatic heterocycles. The number of hydrogen-bond acceptors (Lipinski definition) is 1. The van der Waals surface area contributed by atoms with E-state index in [-0.39, 0.29) is 0 Å². The molecular weight excluding hydrogens is 134 g/mol. The lowest BCUT2D eigenvalue weighted by atomic mass is 9.65. The fraction of sp³-hybridized carbons (Fsp3) is 1.00. The van der Waals surface area contributed by atoms with Crippen LogP contribution in [0.2, 0.25) is 0 Å². The van der Waals surface area contributed by atoms with E-state index in [0.717, 1.165) is 12.0 Å². The largest absolute Gasteiger partial charge is 0.308 e. The van der Waals surface area contributed by atoms with Crippen molar-refractivity contribution in [2.24, 2.45) is 5.92 Å². The second-order valence-electron chi connectivity index (χ2n) is 4.37. The van der Waals surface area contributed by atoms with Gasteiger partial charge in [-0.2, -0.15) is 0 Å². The van der Waals surface area contributed by atoms with Crippen molar-refractivity contribution in [2.45, 2.75) is 57.5 Å². The molecule has 0 aromatic rings. The number of fused-ring (bicyclic) bond motifs is 2. The average molecular weight is 153 g/mol. The highest BCUT2D eigenvalue weighted by Crippen LogP contribution is 2.43. The van der Waals surface area contributed by atoms with E-state index in [0.29, 0.717) is 5.54 Å². The second-order valence-corrected chi connectivity index (χ2v) is 4.37. The maximum Gasteiger partial charge on any atom is 0.0181 e. The Morgan fingerprint density at radius 3 is 2.18 bits per heavy atom. The van der Waals surface area contributed by atoms with Crippen LogP contribution in [0.4, 0.5) is 0 Å². The molecule has 3 rings (SSSR count). The van der Waals surface area contributed by atoms with E-state index in [1.54, 1.807) is 0 Å². The van der Waals surface area contributed by atoms with Crippen molar-refractivity contribution in [1.29, 1.82) is 0 Å². The summed E-state index contributed by atoms with van der Waals surface area (Å²) in [5.74, 6) is 1.07. The summed E-state index contributed by atoms with van der Waals surface area (Å²) in [4.78, 5) is 0. The highest BCUT2D eigenvalue weighted by molar-refractivity contribution is 5.03. The van der Waals surface area contributed by atoms with Gasteiger partial charge in [-0.3, -0.25) is 0 Å². The van der Waals surface area contributed by atoms with E-state index < -0.39 is 0 Å². The van der Waals surface area contributed by atoms with Crippen molar-refractivity contribution in [1.82, 2.24) is 5.32 Å². The summed E-state index contributed by atoms with van der Waals surface area (Å²) in [6, 6.07) is 0.883. The first-order valence-electron chi connectivity index (χ1n) is 5.05. The van der Waals surface area contributed by atoms with Crippen molar-refractivity contribution in [2.75, 3.05) is 0 Å². The first-order chi connectivity index (χ1) is 5.28. The van der Waals surface area contributed by atoms with Crippen LogP contribution in [0, 0.1) is 5.92 Å². The molecule has 0 radical (unpaired) electrons. The normalized spacial score (nSPS) is 39.8. The molecule has 0 atom stereocenters. The van der Waals surface area contributed by atoms with Crippen molar-refractivity contribution >= 4 is 0 Å². The van der Waals surface area contributed by atoms with Crippen LogP contribution in [0.3, 0.4) is 0 Å². The standard InChI is InChI=1S/C10H19N/c1-3-10(4-2)7-8-5-9(6-8)11-10/h8-9,11H,3-7H2,1-2H3. The van der Waals surface area contributed by atoms with Gasteiger partial charge in [-0.1, -0.05) is 13.8 Å². The topological polar surface area (TPSA) is 12.0 Å². The molecule has 2 heterocycles. The first-order valence-corrected chi connectivity index (χ1v) is 5.05.